The number of likely N-dealkylation sites (N-methyl/N-ethyl adjacent to an activating group) is 2. The molecule has 2 rings (SSSR count). The number of piperazine rings is 1. The smallest absolute Gasteiger partial charge is 0.181 e. The Bertz CT molecular complexity index is 456. The number of ketones is 1. The Labute approximate surface area is 109 Å². The monoisotopic (exact) mass is 246 g/mol. The van der Waals surface area contributed by atoms with E-state index in [0.29, 0.717) is 0 Å². The van der Waals surface area contributed by atoms with Crippen molar-refractivity contribution >= 4 is 5.78 Å². The average molecular weight is 246 g/mol. The van der Waals surface area contributed by atoms with E-state index < -0.39 is 0 Å². The van der Waals surface area contributed by atoms with E-state index in [-0.39, 0.29) is 11.8 Å². The molecule has 18 heavy (non-hydrogen) atoms. The van der Waals surface area contributed by atoms with Crippen molar-refractivity contribution in [2.24, 2.45) is 0 Å². The lowest BCUT2D eigenvalue weighted by atomic mass is 9.95. The van der Waals surface area contributed by atoms with Crippen molar-refractivity contribution in [3.63, 3.8) is 0 Å². The summed E-state index contributed by atoms with van der Waals surface area (Å²) in [5, 5.41) is 0. The minimum absolute atomic E-state index is 0.00995. The zero-order valence-electron chi connectivity index (χ0n) is 11.7. The third-order valence-electron chi connectivity index (χ3n) is 4.02. The van der Waals surface area contributed by atoms with Crippen molar-refractivity contribution in [1.82, 2.24) is 9.80 Å². The normalized spacial score (nSPS) is 22.1. The summed E-state index contributed by atoms with van der Waals surface area (Å²) < 4.78 is 0. The molecule has 98 valence electrons. The van der Waals surface area contributed by atoms with Gasteiger partial charge in [-0.3, -0.25) is 9.69 Å². The van der Waals surface area contributed by atoms with Crippen molar-refractivity contribution in [2.45, 2.75) is 19.9 Å². The van der Waals surface area contributed by atoms with Gasteiger partial charge in [0.1, 0.15) is 0 Å². The Hall–Kier alpha value is -1.19. The van der Waals surface area contributed by atoms with Gasteiger partial charge in [-0.25, -0.2) is 0 Å². The molecule has 0 radical (unpaired) electrons. The van der Waals surface area contributed by atoms with Gasteiger partial charge in [0.15, 0.2) is 5.78 Å². The fourth-order valence-electron chi connectivity index (χ4n) is 2.49. The maximum Gasteiger partial charge on any atom is 0.181 e. The van der Waals surface area contributed by atoms with Crippen LogP contribution in [0.1, 0.15) is 21.5 Å². The summed E-state index contributed by atoms with van der Waals surface area (Å²) in [6.07, 6.45) is 0. The Morgan fingerprint density at radius 1 is 1.22 bits per heavy atom. The van der Waals surface area contributed by atoms with Crippen LogP contribution in [0.25, 0.3) is 0 Å². The molecule has 1 atom stereocenters. The molecule has 1 aliphatic heterocycles. The lowest BCUT2D eigenvalue weighted by Crippen LogP contribution is -2.53. The van der Waals surface area contributed by atoms with Crippen LogP contribution in [0, 0.1) is 13.8 Å². The number of Topliss-reactive ketones (excluding diaryl/α,β-unsaturated/α-hetero) is 1. The van der Waals surface area contributed by atoms with Crippen molar-refractivity contribution in [3.05, 3.63) is 34.9 Å². The second-order valence-electron chi connectivity index (χ2n) is 5.37. The van der Waals surface area contributed by atoms with E-state index in [1.807, 2.05) is 26.1 Å². The van der Waals surface area contributed by atoms with Crippen LogP contribution in [0.3, 0.4) is 0 Å². The van der Waals surface area contributed by atoms with E-state index in [9.17, 15) is 4.79 Å². The summed E-state index contributed by atoms with van der Waals surface area (Å²) in [6, 6.07) is 5.97. The van der Waals surface area contributed by atoms with Crippen molar-refractivity contribution in [3.8, 4) is 0 Å². The molecular weight excluding hydrogens is 224 g/mol. The van der Waals surface area contributed by atoms with Crippen molar-refractivity contribution < 1.29 is 4.79 Å². The largest absolute Gasteiger partial charge is 0.303 e. The summed E-state index contributed by atoms with van der Waals surface area (Å²) in [4.78, 5) is 17.1. The predicted octanol–water partition coefficient (Wildman–Crippen LogP) is 1.73. The highest BCUT2D eigenvalue weighted by Crippen LogP contribution is 2.18. The Kier molecular flexibility index (Phi) is 3.83. The number of hydrogen-bond donors (Lipinski definition) is 0. The van der Waals surface area contributed by atoms with Gasteiger partial charge < -0.3 is 4.90 Å². The van der Waals surface area contributed by atoms with Crippen molar-refractivity contribution in [2.75, 3.05) is 33.7 Å². The molecule has 0 aromatic heterocycles. The number of hydrogen-bond acceptors (Lipinski definition) is 3. The van der Waals surface area contributed by atoms with E-state index in [0.717, 1.165) is 30.8 Å². The van der Waals surface area contributed by atoms with Gasteiger partial charge in [-0.2, -0.15) is 0 Å². The summed E-state index contributed by atoms with van der Waals surface area (Å²) in [5.41, 5.74) is 3.18. The Morgan fingerprint density at radius 3 is 2.67 bits per heavy atom. The lowest BCUT2D eigenvalue weighted by Gasteiger charge is -2.36. The highest BCUT2D eigenvalue weighted by molar-refractivity contribution is 6.01. The number of nitrogens with zero attached hydrogens (tertiary/aromatic N) is 2. The number of aryl methyl sites for hydroxylation is 1. The van der Waals surface area contributed by atoms with Crippen LogP contribution < -0.4 is 0 Å². The highest BCUT2D eigenvalue weighted by atomic mass is 16.1. The lowest BCUT2D eigenvalue weighted by molar-refractivity contribution is 0.0685. The molecule has 1 fully saturated rings. The van der Waals surface area contributed by atoms with Crippen LogP contribution >= 0.6 is 0 Å². The van der Waals surface area contributed by atoms with Gasteiger partial charge in [-0.05, 0) is 39.1 Å². The van der Waals surface area contributed by atoms with Crippen LogP contribution in [0.4, 0.5) is 0 Å². The van der Waals surface area contributed by atoms with Crippen LogP contribution in [-0.4, -0.2) is 55.4 Å². The molecule has 0 amide bonds. The first-order chi connectivity index (χ1) is 8.50. The minimum Gasteiger partial charge on any atom is -0.303 e. The van der Waals surface area contributed by atoms with Crippen LogP contribution in [0.15, 0.2) is 18.2 Å². The van der Waals surface area contributed by atoms with Crippen molar-refractivity contribution in [1.29, 1.82) is 0 Å². The first-order valence-corrected chi connectivity index (χ1v) is 6.50. The molecular formula is C15H22N2O. The van der Waals surface area contributed by atoms with E-state index in [4.69, 9.17) is 0 Å². The van der Waals surface area contributed by atoms with Gasteiger partial charge in [-0.15, -0.1) is 0 Å². The molecule has 1 saturated heterocycles. The van der Waals surface area contributed by atoms with Gasteiger partial charge in [0.25, 0.3) is 0 Å². The third-order valence-corrected chi connectivity index (χ3v) is 4.02. The van der Waals surface area contributed by atoms with E-state index in [1.165, 1.54) is 5.56 Å². The molecule has 0 spiro atoms. The van der Waals surface area contributed by atoms with E-state index >= 15 is 0 Å². The molecule has 1 unspecified atom stereocenters. The maximum atomic E-state index is 12.7. The van der Waals surface area contributed by atoms with Crippen LogP contribution in [0.2, 0.25) is 0 Å². The molecule has 1 heterocycles. The predicted molar refractivity (Wildman–Crippen MR) is 74.2 cm³/mol. The first-order valence-electron chi connectivity index (χ1n) is 6.50. The Morgan fingerprint density at radius 2 is 1.94 bits per heavy atom. The molecule has 0 aliphatic carbocycles. The van der Waals surface area contributed by atoms with Crippen LogP contribution in [0.5, 0.6) is 0 Å². The average Bonchev–Trinajstić information content (AvgIpc) is 2.35. The molecule has 0 N–H and O–H groups in total. The SMILES string of the molecule is Cc1cccc(C(=O)C2CN(C)CCN2C)c1C. The summed E-state index contributed by atoms with van der Waals surface area (Å²) >= 11 is 0. The zero-order chi connectivity index (χ0) is 13.3. The molecule has 0 bridgehead atoms. The minimum atomic E-state index is -0.00995. The molecule has 3 nitrogen and oxygen atoms in total. The molecule has 0 saturated carbocycles. The fourth-order valence-corrected chi connectivity index (χ4v) is 2.49. The zero-order valence-corrected chi connectivity index (χ0v) is 11.7. The second kappa shape index (κ2) is 5.21. The maximum absolute atomic E-state index is 12.7. The fraction of sp³-hybridized carbons (Fsp3) is 0.533. The summed E-state index contributed by atoms with van der Waals surface area (Å²) in [6.45, 7) is 6.91. The van der Waals surface area contributed by atoms with Gasteiger partial charge in [0, 0.05) is 25.2 Å². The summed E-state index contributed by atoms with van der Waals surface area (Å²) in [7, 11) is 4.12. The molecule has 3 heteroatoms. The van der Waals surface area contributed by atoms with Gasteiger partial charge >= 0.3 is 0 Å². The van der Waals surface area contributed by atoms with Gasteiger partial charge in [0.05, 0.1) is 6.04 Å². The standard InChI is InChI=1S/C15H22N2O/c1-11-6-5-7-13(12(11)2)15(18)14-10-16(3)8-9-17(14)4/h5-7,14H,8-10H2,1-4H3. The van der Waals surface area contributed by atoms with Gasteiger partial charge in [-0.1, -0.05) is 18.2 Å². The van der Waals surface area contributed by atoms with E-state index in [2.05, 4.69) is 29.8 Å². The molecule has 1 aromatic carbocycles. The van der Waals surface area contributed by atoms with E-state index in [1.54, 1.807) is 0 Å². The number of carbonyl (C=O) groups is 1. The molecule has 1 aromatic rings. The number of benzene rings is 1. The Balaban J connectivity index is 2.27. The molecule has 1 aliphatic rings. The van der Waals surface area contributed by atoms with Crippen LogP contribution in [-0.2, 0) is 0 Å². The first kappa shape index (κ1) is 13.2. The second-order valence-corrected chi connectivity index (χ2v) is 5.37. The third kappa shape index (κ3) is 2.47. The number of rotatable bonds is 2. The quantitative estimate of drug-likeness (QED) is 0.743. The topological polar surface area (TPSA) is 23.6 Å². The number of carbonyl (C=O) groups excluding carboxylic acids is 1. The summed E-state index contributed by atoms with van der Waals surface area (Å²) in [5.74, 6) is 0.255. The van der Waals surface area contributed by atoms with Gasteiger partial charge in [0.2, 0.25) is 0 Å². The highest BCUT2D eigenvalue weighted by Gasteiger charge is 2.29.